The van der Waals surface area contributed by atoms with Crippen LogP contribution in [0.25, 0.3) is 0 Å². The Bertz CT molecular complexity index is 1000. The number of aromatic nitrogens is 2. The zero-order valence-electron chi connectivity index (χ0n) is 13.8. The molecule has 0 saturated heterocycles. The summed E-state index contributed by atoms with van der Waals surface area (Å²) in [5.74, 6) is 0.630. The number of carbonyl (C=O) groups excluding carboxylic acids is 1. The summed E-state index contributed by atoms with van der Waals surface area (Å²) < 4.78 is 31.4. The summed E-state index contributed by atoms with van der Waals surface area (Å²) in [6.45, 7) is 3.76. The molecule has 0 aliphatic rings. The van der Waals surface area contributed by atoms with Gasteiger partial charge in [-0.25, -0.2) is 17.4 Å². The average molecular weight is 359 g/mol. The number of aryl methyl sites for hydroxylation is 2. The molecule has 8 heteroatoms. The van der Waals surface area contributed by atoms with Crippen LogP contribution in [-0.2, 0) is 16.6 Å². The summed E-state index contributed by atoms with van der Waals surface area (Å²) in [7, 11) is -3.73. The number of nitrogens with one attached hydrogen (secondary N) is 1. The molecule has 0 aliphatic carbocycles. The number of nitrogens with zero attached hydrogens (tertiary/aromatic N) is 2. The van der Waals surface area contributed by atoms with E-state index in [-0.39, 0.29) is 17.0 Å². The van der Waals surface area contributed by atoms with Gasteiger partial charge in [0.1, 0.15) is 5.76 Å². The maximum Gasteiger partial charge on any atom is 0.267 e. The van der Waals surface area contributed by atoms with E-state index >= 15 is 0 Å². The molecule has 0 unspecified atom stereocenters. The lowest BCUT2D eigenvalue weighted by Gasteiger charge is -2.06. The van der Waals surface area contributed by atoms with Gasteiger partial charge in [-0.2, -0.15) is 0 Å². The molecule has 0 radical (unpaired) electrons. The van der Waals surface area contributed by atoms with Crippen molar-refractivity contribution in [3.63, 3.8) is 0 Å². The van der Waals surface area contributed by atoms with Gasteiger partial charge in [0.05, 0.1) is 23.2 Å². The van der Waals surface area contributed by atoms with Crippen molar-refractivity contribution in [2.24, 2.45) is 0 Å². The molecule has 0 spiro atoms. The van der Waals surface area contributed by atoms with E-state index in [9.17, 15) is 13.2 Å². The van der Waals surface area contributed by atoms with Crippen molar-refractivity contribution in [2.75, 3.05) is 0 Å². The SMILES string of the molecule is Cc1ccc(S(=O)(=O)n2ccc(C(=O)NCc3ncc(C)o3)c2)cc1. The molecule has 2 heterocycles. The van der Waals surface area contributed by atoms with Crippen molar-refractivity contribution >= 4 is 15.9 Å². The fourth-order valence-electron chi connectivity index (χ4n) is 2.23. The van der Waals surface area contributed by atoms with Gasteiger partial charge in [-0.1, -0.05) is 17.7 Å². The molecule has 0 aliphatic heterocycles. The zero-order valence-corrected chi connectivity index (χ0v) is 14.6. The van der Waals surface area contributed by atoms with Crippen molar-refractivity contribution in [1.29, 1.82) is 0 Å². The lowest BCUT2D eigenvalue weighted by Crippen LogP contribution is -2.22. The molecule has 130 valence electrons. The van der Waals surface area contributed by atoms with Crippen molar-refractivity contribution < 1.29 is 17.6 Å². The van der Waals surface area contributed by atoms with E-state index in [0.29, 0.717) is 11.7 Å². The molecule has 0 atom stereocenters. The van der Waals surface area contributed by atoms with Gasteiger partial charge in [-0.3, -0.25) is 4.79 Å². The number of oxazole rings is 1. The van der Waals surface area contributed by atoms with Crippen LogP contribution < -0.4 is 5.32 Å². The third-order valence-corrected chi connectivity index (χ3v) is 5.25. The van der Waals surface area contributed by atoms with E-state index < -0.39 is 15.9 Å². The highest BCUT2D eigenvalue weighted by atomic mass is 32.2. The second kappa shape index (κ2) is 6.56. The number of carbonyl (C=O) groups is 1. The monoisotopic (exact) mass is 359 g/mol. The standard InChI is InChI=1S/C17H17N3O4S/c1-12-3-5-15(6-4-12)25(22,23)20-8-7-14(11-20)17(21)19-10-16-18-9-13(2)24-16/h3-9,11H,10H2,1-2H3,(H,19,21). The molecule has 0 fully saturated rings. The predicted octanol–water partition coefficient (Wildman–Crippen LogP) is 2.26. The molecule has 1 aromatic carbocycles. The maximum atomic E-state index is 12.6. The van der Waals surface area contributed by atoms with Crippen LogP contribution >= 0.6 is 0 Å². The maximum absolute atomic E-state index is 12.6. The first-order valence-electron chi connectivity index (χ1n) is 7.56. The Balaban J connectivity index is 1.75. The molecule has 25 heavy (non-hydrogen) atoms. The molecule has 7 nitrogen and oxygen atoms in total. The van der Waals surface area contributed by atoms with Crippen LogP contribution in [-0.4, -0.2) is 23.3 Å². The topological polar surface area (TPSA) is 94.2 Å². The van der Waals surface area contributed by atoms with Gasteiger partial charge in [0.25, 0.3) is 15.9 Å². The number of benzene rings is 1. The fourth-order valence-corrected chi connectivity index (χ4v) is 3.43. The summed E-state index contributed by atoms with van der Waals surface area (Å²) in [6.07, 6.45) is 4.19. The smallest absolute Gasteiger partial charge is 0.267 e. The average Bonchev–Trinajstić information content (AvgIpc) is 3.22. The summed E-state index contributed by atoms with van der Waals surface area (Å²) in [5.41, 5.74) is 1.20. The number of amides is 1. The summed E-state index contributed by atoms with van der Waals surface area (Å²) in [6, 6.07) is 7.97. The lowest BCUT2D eigenvalue weighted by atomic mass is 10.2. The van der Waals surface area contributed by atoms with E-state index in [4.69, 9.17) is 4.42 Å². The van der Waals surface area contributed by atoms with Gasteiger partial charge < -0.3 is 9.73 Å². The number of hydrogen-bond donors (Lipinski definition) is 1. The minimum atomic E-state index is -3.73. The second-order valence-corrected chi connectivity index (χ2v) is 7.44. The highest BCUT2D eigenvalue weighted by Crippen LogP contribution is 2.16. The molecular formula is C17H17N3O4S. The van der Waals surface area contributed by atoms with Crippen LogP contribution in [0.5, 0.6) is 0 Å². The Morgan fingerprint density at radius 1 is 1.20 bits per heavy atom. The zero-order chi connectivity index (χ0) is 18.0. The van der Waals surface area contributed by atoms with Gasteiger partial charge in [0, 0.05) is 12.4 Å². The van der Waals surface area contributed by atoms with E-state index in [1.54, 1.807) is 25.3 Å². The molecule has 0 bridgehead atoms. The minimum absolute atomic E-state index is 0.128. The Labute approximate surface area is 145 Å². The Kier molecular flexibility index (Phi) is 4.45. The first kappa shape index (κ1) is 17.0. The summed E-state index contributed by atoms with van der Waals surface area (Å²) in [4.78, 5) is 16.3. The molecular weight excluding hydrogens is 342 g/mol. The Morgan fingerprint density at radius 3 is 2.56 bits per heavy atom. The third-order valence-electron chi connectivity index (χ3n) is 3.60. The largest absolute Gasteiger partial charge is 0.444 e. The Morgan fingerprint density at radius 2 is 1.92 bits per heavy atom. The first-order chi connectivity index (χ1) is 11.9. The van der Waals surface area contributed by atoms with E-state index in [2.05, 4.69) is 10.3 Å². The fraction of sp³-hybridized carbons (Fsp3) is 0.176. The first-order valence-corrected chi connectivity index (χ1v) is 9.00. The van der Waals surface area contributed by atoms with Crippen molar-refractivity contribution in [3.8, 4) is 0 Å². The molecule has 2 aromatic heterocycles. The second-order valence-electron chi connectivity index (χ2n) is 5.60. The molecule has 1 amide bonds. The predicted molar refractivity (Wildman–Crippen MR) is 90.6 cm³/mol. The normalized spacial score (nSPS) is 11.4. The molecule has 3 rings (SSSR count). The van der Waals surface area contributed by atoms with E-state index in [1.807, 2.05) is 6.92 Å². The van der Waals surface area contributed by atoms with Gasteiger partial charge in [0.15, 0.2) is 0 Å². The summed E-state index contributed by atoms with van der Waals surface area (Å²) >= 11 is 0. The highest BCUT2D eigenvalue weighted by molar-refractivity contribution is 7.90. The van der Waals surface area contributed by atoms with Crippen LogP contribution in [0.2, 0.25) is 0 Å². The molecule has 1 N–H and O–H groups in total. The van der Waals surface area contributed by atoms with Crippen LogP contribution in [0.4, 0.5) is 0 Å². The third kappa shape index (κ3) is 3.63. The van der Waals surface area contributed by atoms with Gasteiger partial charge in [0.2, 0.25) is 5.89 Å². The molecule has 0 saturated carbocycles. The van der Waals surface area contributed by atoms with Crippen molar-refractivity contribution in [1.82, 2.24) is 14.3 Å². The van der Waals surface area contributed by atoms with Crippen LogP contribution in [0.3, 0.4) is 0 Å². The number of rotatable bonds is 5. The van der Waals surface area contributed by atoms with Gasteiger partial charge in [-0.15, -0.1) is 0 Å². The quantitative estimate of drug-likeness (QED) is 0.754. The van der Waals surface area contributed by atoms with Crippen LogP contribution in [0, 0.1) is 13.8 Å². The lowest BCUT2D eigenvalue weighted by molar-refractivity contribution is 0.0947. The Hall–Kier alpha value is -2.87. The van der Waals surface area contributed by atoms with Crippen molar-refractivity contribution in [3.05, 3.63) is 71.7 Å². The minimum Gasteiger partial charge on any atom is -0.444 e. The van der Waals surface area contributed by atoms with Gasteiger partial charge >= 0.3 is 0 Å². The highest BCUT2D eigenvalue weighted by Gasteiger charge is 2.18. The number of hydrogen-bond acceptors (Lipinski definition) is 5. The van der Waals surface area contributed by atoms with Crippen LogP contribution in [0.15, 0.2) is 58.2 Å². The summed E-state index contributed by atoms with van der Waals surface area (Å²) in [5, 5.41) is 2.64. The van der Waals surface area contributed by atoms with Crippen molar-refractivity contribution in [2.45, 2.75) is 25.3 Å². The van der Waals surface area contributed by atoms with Gasteiger partial charge in [-0.05, 0) is 32.0 Å². The molecule has 3 aromatic rings. The van der Waals surface area contributed by atoms with E-state index in [0.717, 1.165) is 9.54 Å². The van der Waals surface area contributed by atoms with Crippen LogP contribution in [0.1, 0.15) is 27.6 Å². The van der Waals surface area contributed by atoms with E-state index in [1.165, 1.54) is 30.6 Å².